The molecular weight excluding hydrogens is 414 g/mol. The van der Waals surface area contributed by atoms with Crippen molar-refractivity contribution in [2.24, 2.45) is 0 Å². The van der Waals surface area contributed by atoms with Crippen LogP contribution in [-0.4, -0.2) is 71.2 Å². The maximum Gasteiger partial charge on any atom is 0.219 e. The first-order valence-electron chi connectivity index (χ1n) is 10.6. The number of fused-ring (bicyclic) bond motifs is 3. The van der Waals surface area contributed by atoms with E-state index in [1.165, 1.54) is 17.5 Å². The molecule has 3 aromatic rings. The van der Waals surface area contributed by atoms with E-state index in [0.29, 0.717) is 32.5 Å². The molecule has 1 N–H and O–H groups in total. The van der Waals surface area contributed by atoms with Crippen LogP contribution in [0.1, 0.15) is 19.8 Å². The van der Waals surface area contributed by atoms with E-state index in [2.05, 4.69) is 16.7 Å². The summed E-state index contributed by atoms with van der Waals surface area (Å²) in [6.07, 6.45) is 1.49. The van der Waals surface area contributed by atoms with Gasteiger partial charge in [-0.3, -0.25) is 4.79 Å². The second-order valence-electron chi connectivity index (χ2n) is 8.37. The van der Waals surface area contributed by atoms with Crippen molar-refractivity contribution in [1.82, 2.24) is 13.8 Å². The minimum atomic E-state index is -3.50. The number of para-hydroxylation sites is 2. The molecule has 0 radical (unpaired) electrons. The molecule has 2 heterocycles. The number of amides is 1. The van der Waals surface area contributed by atoms with Crippen LogP contribution in [-0.2, 0) is 21.4 Å². The molecule has 1 aliphatic heterocycles. The fourth-order valence-electron chi connectivity index (χ4n) is 4.70. The fourth-order valence-corrected chi connectivity index (χ4v) is 5.90. The molecule has 0 aliphatic carbocycles. The minimum absolute atomic E-state index is 0.00996. The summed E-state index contributed by atoms with van der Waals surface area (Å²) >= 11 is 0. The Morgan fingerprint density at radius 2 is 1.58 bits per heavy atom. The molecule has 1 fully saturated rings. The number of carbonyl (C=O) groups excluding carboxylic acids is 1. The monoisotopic (exact) mass is 443 g/mol. The number of benzene rings is 2. The third-order valence-electron chi connectivity index (χ3n) is 6.21. The molecule has 1 unspecified atom stereocenters. The lowest BCUT2D eigenvalue weighted by molar-refractivity contribution is -0.130. The Hall–Kier alpha value is -2.42. The van der Waals surface area contributed by atoms with Gasteiger partial charge in [0.15, 0.2) is 0 Å². The van der Waals surface area contributed by atoms with Crippen molar-refractivity contribution in [3.8, 4) is 0 Å². The lowest BCUT2D eigenvalue weighted by Crippen LogP contribution is -2.50. The molecule has 7 nitrogen and oxygen atoms in total. The quantitative estimate of drug-likeness (QED) is 0.634. The number of aliphatic hydroxyl groups excluding tert-OH is 1. The van der Waals surface area contributed by atoms with Gasteiger partial charge in [0.1, 0.15) is 0 Å². The van der Waals surface area contributed by atoms with Crippen molar-refractivity contribution in [2.45, 2.75) is 38.5 Å². The van der Waals surface area contributed by atoms with Gasteiger partial charge in [0, 0.05) is 54.4 Å². The Labute approximate surface area is 182 Å². The van der Waals surface area contributed by atoms with Gasteiger partial charge < -0.3 is 14.6 Å². The first-order chi connectivity index (χ1) is 14.8. The van der Waals surface area contributed by atoms with Crippen LogP contribution < -0.4 is 0 Å². The highest BCUT2D eigenvalue weighted by atomic mass is 32.2. The van der Waals surface area contributed by atoms with Crippen LogP contribution >= 0.6 is 0 Å². The normalized spacial score (nSPS) is 17.0. The molecule has 2 aromatic carbocycles. The predicted molar refractivity (Wildman–Crippen MR) is 122 cm³/mol. The van der Waals surface area contributed by atoms with Crippen molar-refractivity contribution in [2.75, 3.05) is 25.9 Å². The van der Waals surface area contributed by atoms with Crippen molar-refractivity contribution in [3.63, 3.8) is 0 Å². The highest BCUT2D eigenvalue weighted by Gasteiger charge is 2.32. The third kappa shape index (κ3) is 4.46. The van der Waals surface area contributed by atoms with E-state index in [9.17, 15) is 18.3 Å². The van der Waals surface area contributed by atoms with Crippen molar-refractivity contribution in [1.29, 1.82) is 0 Å². The van der Waals surface area contributed by atoms with Crippen LogP contribution in [0.2, 0.25) is 0 Å². The van der Waals surface area contributed by atoms with Crippen LogP contribution in [0.3, 0.4) is 0 Å². The number of sulfonamides is 1. The molecule has 0 saturated carbocycles. The maximum atomic E-state index is 12.5. The summed E-state index contributed by atoms with van der Waals surface area (Å²) in [7, 11) is -3.50. The van der Waals surface area contributed by atoms with Gasteiger partial charge in [-0.25, -0.2) is 8.42 Å². The molecule has 166 valence electrons. The first kappa shape index (κ1) is 21.8. The zero-order valence-corrected chi connectivity index (χ0v) is 18.8. The molecule has 4 rings (SSSR count). The predicted octanol–water partition coefficient (Wildman–Crippen LogP) is 2.43. The topological polar surface area (TPSA) is 82.8 Å². The zero-order chi connectivity index (χ0) is 22.2. The molecule has 0 bridgehead atoms. The molecule has 1 aromatic heterocycles. The van der Waals surface area contributed by atoms with Crippen molar-refractivity contribution < 1.29 is 18.3 Å². The van der Waals surface area contributed by atoms with Gasteiger partial charge in [0.05, 0.1) is 18.9 Å². The molecule has 1 atom stereocenters. The van der Waals surface area contributed by atoms with E-state index in [0.717, 1.165) is 21.8 Å². The molecule has 0 spiro atoms. The number of likely N-dealkylation sites (tertiary alicyclic amines) is 1. The van der Waals surface area contributed by atoms with Crippen LogP contribution in [0.15, 0.2) is 48.5 Å². The highest BCUT2D eigenvalue weighted by molar-refractivity contribution is 7.88. The van der Waals surface area contributed by atoms with Gasteiger partial charge in [-0.15, -0.1) is 0 Å². The lowest BCUT2D eigenvalue weighted by atomic mass is 10.0. The number of aromatic nitrogens is 1. The van der Waals surface area contributed by atoms with Gasteiger partial charge in [-0.1, -0.05) is 36.4 Å². The van der Waals surface area contributed by atoms with Gasteiger partial charge in [0.25, 0.3) is 0 Å². The average molecular weight is 444 g/mol. The number of rotatable bonds is 6. The summed E-state index contributed by atoms with van der Waals surface area (Å²) < 4.78 is 28.6. The van der Waals surface area contributed by atoms with Crippen molar-refractivity contribution >= 4 is 37.7 Å². The Morgan fingerprint density at radius 3 is 2.06 bits per heavy atom. The third-order valence-corrected chi connectivity index (χ3v) is 7.51. The van der Waals surface area contributed by atoms with E-state index < -0.39 is 16.1 Å². The summed E-state index contributed by atoms with van der Waals surface area (Å²) in [5.74, 6) is 0.00996. The summed E-state index contributed by atoms with van der Waals surface area (Å²) in [5.41, 5.74) is 2.03. The van der Waals surface area contributed by atoms with Crippen LogP contribution in [0.5, 0.6) is 0 Å². The minimum Gasteiger partial charge on any atom is -0.390 e. The largest absolute Gasteiger partial charge is 0.390 e. The average Bonchev–Trinajstić information content (AvgIpc) is 3.05. The van der Waals surface area contributed by atoms with Gasteiger partial charge in [-0.05, 0) is 25.0 Å². The summed E-state index contributed by atoms with van der Waals surface area (Å²) in [6.45, 7) is 2.94. The fraction of sp³-hybridized carbons (Fsp3) is 0.435. The van der Waals surface area contributed by atoms with Gasteiger partial charge >= 0.3 is 0 Å². The van der Waals surface area contributed by atoms with Crippen LogP contribution in [0, 0.1) is 0 Å². The SMILES string of the molecule is CC(=O)N1CCC(N(CC(O)Cn2c3ccccc3c3ccccc32)S(C)(=O)=O)CC1. The number of carbonyl (C=O) groups is 1. The molecule has 31 heavy (non-hydrogen) atoms. The van der Waals surface area contributed by atoms with Crippen LogP contribution in [0.25, 0.3) is 21.8 Å². The Morgan fingerprint density at radius 1 is 1.06 bits per heavy atom. The highest BCUT2D eigenvalue weighted by Crippen LogP contribution is 2.29. The van der Waals surface area contributed by atoms with Gasteiger partial charge in [-0.2, -0.15) is 4.31 Å². The Bertz CT molecular complexity index is 1140. The van der Waals surface area contributed by atoms with E-state index >= 15 is 0 Å². The van der Waals surface area contributed by atoms with E-state index in [-0.39, 0.29) is 18.5 Å². The Kier molecular flexibility index (Phi) is 6.05. The number of hydrogen-bond donors (Lipinski definition) is 1. The first-order valence-corrected chi connectivity index (χ1v) is 12.5. The molecule has 8 heteroatoms. The number of hydrogen-bond acceptors (Lipinski definition) is 4. The van der Waals surface area contributed by atoms with Crippen molar-refractivity contribution in [3.05, 3.63) is 48.5 Å². The molecular formula is C23H29N3O4S. The molecule has 1 amide bonds. The second-order valence-corrected chi connectivity index (χ2v) is 10.3. The molecule has 1 aliphatic rings. The zero-order valence-electron chi connectivity index (χ0n) is 17.9. The number of aliphatic hydroxyl groups is 1. The summed E-state index contributed by atoms with van der Waals surface area (Å²) in [5, 5.41) is 13.2. The van der Waals surface area contributed by atoms with Gasteiger partial charge in [0.2, 0.25) is 15.9 Å². The maximum absolute atomic E-state index is 12.5. The van der Waals surface area contributed by atoms with E-state index in [1.807, 2.05) is 36.4 Å². The number of piperidine rings is 1. The van der Waals surface area contributed by atoms with E-state index in [4.69, 9.17) is 0 Å². The lowest BCUT2D eigenvalue weighted by Gasteiger charge is -2.37. The standard InChI is InChI=1S/C23H29N3O4S/c1-17(27)24-13-11-18(12-14-24)26(31(2,29)30)16-19(28)15-25-22-9-5-3-7-20(22)21-8-4-6-10-23(21)25/h3-10,18-19,28H,11-16H2,1-2H3. The Balaban J connectivity index is 1.56. The molecule has 1 saturated heterocycles. The number of nitrogens with zero attached hydrogens (tertiary/aromatic N) is 3. The van der Waals surface area contributed by atoms with Crippen LogP contribution in [0.4, 0.5) is 0 Å². The second kappa shape index (κ2) is 8.61. The van der Waals surface area contributed by atoms with E-state index in [1.54, 1.807) is 4.90 Å². The summed E-state index contributed by atoms with van der Waals surface area (Å²) in [4.78, 5) is 13.3. The summed E-state index contributed by atoms with van der Waals surface area (Å²) in [6, 6.07) is 15.9. The smallest absolute Gasteiger partial charge is 0.219 e.